The Kier molecular flexibility index (Phi) is 4.75. The van der Waals surface area contributed by atoms with Gasteiger partial charge >= 0.3 is 0 Å². The molecule has 0 unspecified atom stereocenters. The molecule has 0 aliphatic carbocycles. The molecule has 0 bridgehead atoms. The molecule has 0 aromatic carbocycles. The maximum atomic E-state index is 9.62. The van der Waals surface area contributed by atoms with Gasteiger partial charge in [-0.25, -0.2) is 9.50 Å². The highest BCUT2D eigenvalue weighted by Crippen LogP contribution is 2.35. The quantitative estimate of drug-likeness (QED) is 0.873. The average Bonchev–Trinajstić information content (AvgIpc) is 2.94. The van der Waals surface area contributed by atoms with Crippen molar-refractivity contribution in [3.63, 3.8) is 0 Å². The van der Waals surface area contributed by atoms with Crippen LogP contribution < -0.4 is 10.6 Å². The van der Waals surface area contributed by atoms with E-state index in [1.165, 1.54) is 0 Å². The highest BCUT2D eigenvalue weighted by molar-refractivity contribution is 6.35. The molecule has 2 N–H and O–H groups in total. The molecule has 0 atom stereocenters. The number of anilines is 1. The van der Waals surface area contributed by atoms with Gasteiger partial charge in [-0.05, 0) is 38.8 Å². The van der Waals surface area contributed by atoms with Crippen LogP contribution in [0.25, 0.3) is 5.52 Å². The average molecular weight is 361 g/mol. The van der Waals surface area contributed by atoms with E-state index in [0.29, 0.717) is 28.1 Å². The molecule has 7 nitrogen and oxygen atoms in total. The van der Waals surface area contributed by atoms with E-state index in [1.807, 2.05) is 4.52 Å². The molecule has 0 amide bonds. The van der Waals surface area contributed by atoms with E-state index in [2.05, 4.69) is 26.8 Å². The summed E-state index contributed by atoms with van der Waals surface area (Å²) in [5.74, 6) is 0.854. The second kappa shape index (κ2) is 7.16. The number of halogens is 1. The lowest BCUT2D eigenvalue weighted by Gasteiger charge is -2.24. The normalized spacial score (nSPS) is 19.8. The predicted molar refractivity (Wildman–Crippen MR) is 95.0 cm³/mol. The van der Waals surface area contributed by atoms with Crippen molar-refractivity contribution in [2.24, 2.45) is 0 Å². The topological polar surface area (TPSA) is 87.3 Å². The molecule has 4 rings (SSSR count). The van der Waals surface area contributed by atoms with E-state index in [1.54, 1.807) is 6.20 Å². The maximum Gasteiger partial charge on any atom is 0.241 e. The molecule has 2 saturated heterocycles. The number of hydrogen-bond donors (Lipinski definition) is 2. The van der Waals surface area contributed by atoms with Gasteiger partial charge in [0.2, 0.25) is 5.95 Å². The first kappa shape index (κ1) is 16.6. The first-order chi connectivity index (χ1) is 12.3. The van der Waals surface area contributed by atoms with Gasteiger partial charge in [0, 0.05) is 25.2 Å². The maximum absolute atomic E-state index is 9.62. The Morgan fingerprint density at radius 1 is 1.28 bits per heavy atom. The smallest absolute Gasteiger partial charge is 0.241 e. The lowest BCUT2D eigenvalue weighted by molar-refractivity contribution is 0.0903. The molecule has 132 valence electrons. The highest BCUT2D eigenvalue weighted by Gasteiger charge is 2.27. The highest BCUT2D eigenvalue weighted by atomic mass is 35.5. The van der Waals surface area contributed by atoms with Crippen molar-refractivity contribution in [1.29, 1.82) is 5.26 Å². The zero-order valence-electron chi connectivity index (χ0n) is 14.0. The van der Waals surface area contributed by atoms with Crippen molar-refractivity contribution in [3.8, 4) is 6.07 Å². The first-order valence-corrected chi connectivity index (χ1v) is 9.18. The number of piperidine rings is 1. The Balaban J connectivity index is 1.73. The molecule has 2 fully saturated rings. The van der Waals surface area contributed by atoms with Crippen LogP contribution in [0.2, 0.25) is 5.02 Å². The Hall–Kier alpha value is -1.88. The van der Waals surface area contributed by atoms with Gasteiger partial charge < -0.3 is 15.4 Å². The summed E-state index contributed by atoms with van der Waals surface area (Å²) in [6.45, 7) is 3.40. The number of rotatable bonds is 3. The van der Waals surface area contributed by atoms with Gasteiger partial charge in [-0.3, -0.25) is 0 Å². The Morgan fingerprint density at radius 3 is 2.76 bits per heavy atom. The summed E-state index contributed by atoms with van der Waals surface area (Å²) in [6.07, 6.45) is 5.55. The first-order valence-electron chi connectivity index (χ1n) is 8.80. The Bertz CT molecular complexity index is 802. The fourth-order valence-electron chi connectivity index (χ4n) is 3.70. The molecule has 0 spiro atoms. The molecular weight excluding hydrogens is 340 g/mol. The summed E-state index contributed by atoms with van der Waals surface area (Å²) in [4.78, 5) is 4.41. The molecular formula is C17H21ClN6O. The van der Waals surface area contributed by atoms with Crippen LogP contribution in [-0.2, 0) is 4.74 Å². The van der Waals surface area contributed by atoms with E-state index in [9.17, 15) is 5.26 Å². The van der Waals surface area contributed by atoms with Gasteiger partial charge in [0.15, 0.2) is 0 Å². The molecule has 2 aliphatic rings. The number of aromatic nitrogens is 3. The van der Waals surface area contributed by atoms with Crippen LogP contribution in [0.3, 0.4) is 0 Å². The number of nitrogens with one attached hydrogen (secondary N) is 2. The zero-order valence-corrected chi connectivity index (χ0v) is 14.7. The minimum atomic E-state index is 0.279. The molecule has 8 heteroatoms. The molecule has 2 aromatic heterocycles. The van der Waals surface area contributed by atoms with E-state index < -0.39 is 0 Å². The minimum absolute atomic E-state index is 0.279. The minimum Gasteiger partial charge on any atom is -0.381 e. The molecule has 4 heterocycles. The second-order valence-corrected chi connectivity index (χ2v) is 7.00. The van der Waals surface area contributed by atoms with Crippen molar-refractivity contribution < 1.29 is 4.74 Å². The van der Waals surface area contributed by atoms with Gasteiger partial charge in [0.1, 0.15) is 11.6 Å². The van der Waals surface area contributed by atoms with Crippen molar-refractivity contribution in [3.05, 3.63) is 22.5 Å². The monoisotopic (exact) mass is 360 g/mol. The van der Waals surface area contributed by atoms with Crippen molar-refractivity contribution in [1.82, 2.24) is 19.9 Å². The molecule has 2 aliphatic heterocycles. The van der Waals surface area contributed by atoms with E-state index in [4.69, 9.17) is 16.3 Å². The second-order valence-electron chi connectivity index (χ2n) is 6.62. The summed E-state index contributed by atoms with van der Waals surface area (Å²) < 4.78 is 7.22. The fourth-order valence-corrected chi connectivity index (χ4v) is 3.97. The van der Waals surface area contributed by atoms with Crippen LogP contribution in [0, 0.1) is 11.3 Å². The van der Waals surface area contributed by atoms with Crippen LogP contribution in [0.15, 0.2) is 6.20 Å². The summed E-state index contributed by atoms with van der Waals surface area (Å²) in [5, 5.41) is 21.5. The number of nitrogens with zero attached hydrogens (tertiary/aromatic N) is 4. The van der Waals surface area contributed by atoms with Crippen LogP contribution in [-0.4, -0.2) is 46.9 Å². The third-order valence-corrected chi connectivity index (χ3v) is 5.44. The third kappa shape index (κ3) is 3.17. The zero-order chi connectivity index (χ0) is 17.2. The molecule has 2 aromatic rings. The molecule has 0 radical (unpaired) electrons. The van der Waals surface area contributed by atoms with Crippen LogP contribution in [0.1, 0.15) is 42.9 Å². The standard InChI is InChI=1S/C17H21ClN6O/c18-15-13(9-19)16(11-1-5-20-6-2-11)24-14(15)10-21-17(23-24)22-12-3-7-25-8-4-12/h10-12,20H,1-8H2,(H,22,23). The predicted octanol–water partition coefficient (Wildman–Crippen LogP) is 2.31. The lowest BCUT2D eigenvalue weighted by Crippen LogP contribution is -2.29. The van der Waals surface area contributed by atoms with E-state index in [0.717, 1.165) is 57.7 Å². The number of nitriles is 1. The third-order valence-electron chi connectivity index (χ3n) is 5.05. The molecule has 0 saturated carbocycles. The van der Waals surface area contributed by atoms with Gasteiger partial charge in [-0.15, -0.1) is 5.10 Å². The van der Waals surface area contributed by atoms with Crippen LogP contribution in [0.5, 0.6) is 0 Å². The van der Waals surface area contributed by atoms with Crippen molar-refractivity contribution in [2.75, 3.05) is 31.6 Å². The van der Waals surface area contributed by atoms with Crippen molar-refractivity contribution >= 4 is 23.1 Å². The van der Waals surface area contributed by atoms with Gasteiger partial charge in [0.25, 0.3) is 0 Å². The van der Waals surface area contributed by atoms with E-state index in [-0.39, 0.29) is 5.92 Å². The van der Waals surface area contributed by atoms with Crippen LogP contribution >= 0.6 is 11.6 Å². The number of ether oxygens (including phenoxy) is 1. The van der Waals surface area contributed by atoms with E-state index >= 15 is 0 Å². The van der Waals surface area contributed by atoms with Crippen LogP contribution in [0.4, 0.5) is 5.95 Å². The number of fused-ring (bicyclic) bond motifs is 1. The van der Waals surface area contributed by atoms with Gasteiger partial charge in [0.05, 0.1) is 22.5 Å². The summed E-state index contributed by atoms with van der Waals surface area (Å²) in [7, 11) is 0. The van der Waals surface area contributed by atoms with Gasteiger partial charge in [-0.2, -0.15) is 5.26 Å². The SMILES string of the molecule is N#Cc1c(Cl)c2cnc(NC3CCOCC3)nn2c1C1CCNCC1. The Labute approximate surface area is 151 Å². The van der Waals surface area contributed by atoms with Crippen molar-refractivity contribution in [2.45, 2.75) is 37.6 Å². The lowest BCUT2D eigenvalue weighted by atomic mass is 9.92. The number of hydrogen-bond acceptors (Lipinski definition) is 6. The fraction of sp³-hybridized carbons (Fsp3) is 0.588. The summed E-state index contributed by atoms with van der Waals surface area (Å²) in [6, 6.07) is 2.59. The van der Waals surface area contributed by atoms with Gasteiger partial charge in [-0.1, -0.05) is 11.6 Å². The Morgan fingerprint density at radius 2 is 2.04 bits per heavy atom. The largest absolute Gasteiger partial charge is 0.381 e. The summed E-state index contributed by atoms with van der Waals surface area (Å²) in [5.41, 5.74) is 2.15. The molecule has 25 heavy (non-hydrogen) atoms. The summed E-state index contributed by atoms with van der Waals surface area (Å²) >= 11 is 6.45.